The lowest BCUT2D eigenvalue weighted by atomic mass is 9.95. The zero-order valence-corrected chi connectivity index (χ0v) is 17.6. The lowest BCUT2D eigenvalue weighted by molar-refractivity contribution is -0.140. The molecule has 162 valence electrons. The molecular formula is C24H21N3O5. The maximum atomic E-state index is 13.2. The van der Waals surface area contributed by atoms with Gasteiger partial charge in [0.25, 0.3) is 11.7 Å². The van der Waals surface area contributed by atoms with E-state index in [9.17, 15) is 14.7 Å². The highest BCUT2D eigenvalue weighted by Gasteiger charge is 2.46. The van der Waals surface area contributed by atoms with E-state index >= 15 is 0 Å². The van der Waals surface area contributed by atoms with Crippen LogP contribution in [0.4, 0.5) is 0 Å². The van der Waals surface area contributed by atoms with E-state index in [1.807, 2.05) is 0 Å². The molecule has 0 aliphatic carbocycles. The molecule has 0 radical (unpaired) electrons. The molecule has 8 heteroatoms. The van der Waals surface area contributed by atoms with Crippen LogP contribution >= 0.6 is 0 Å². The van der Waals surface area contributed by atoms with Crippen LogP contribution in [0.1, 0.15) is 22.7 Å². The van der Waals surface area contributed by atoms with E-state index in [-0.39, 0.29) is 23.4 Å². The summed E-state index contributed by atoms with van der Waals surface area (Å²) < 4.78 is 10.8. The monoisotopic (exact) mass is 431 g/mol. The summed E-state index contributed by atoms with van der Waals surface area (Å²) in [4.78, 5) is 35.7. The molecular weight excluding hydrogens is 410 g/mol. The summed E-state index contributed by atoms with van der Waals surface area (Å²) in [6, 6.07) is 11.1. The summed E-state index contributed by atoms with van der Waals surface area (Å²) in [5.74, 6) is -1.23. The van der Waals surface area contributed by atoms with Gasteiger partial charge in [-0.15, -0.1) is 0 Å². The maximum absolute atomic E-state index is 13.2. The van der Waals surface area contributed by atoms with Crippen LogP contribution in [-0.2, 0) is 16.1 Å². The van der Waals surface area contributed by atoms with Crippen LogP contribution < -0.4 is 9.47 Å². The molecule has 1 N–H and O–H groups in total. The Labute approximate surface area is 184 Å². The van der Waals surface area contributed by atoms with Crippen molar-refractivity contribution < 1.29 is 24.2 Å². The normalized spacial score (nSPS) is 17.4. The molecule has 0 saturated carbocycles. The Morgan fingerprint density at radius 1 is 0.938 bits per heavy atom. The molecule has 4 rings (SSSR count). The zero-order chi connectivity index (χ0) is 22.7. The Bertz CT molecular complexity index is 1160. The minimum Gasteiger partial charge on any atom is -0.506 e. The Morgan fingerprint density at radius 2 is 1.50 bits per heavy atom. The molecule has 2 aromatic heterocycles. The number of amides is 1. The van der Waals surface area contributed by atoms with E-state index in [2.05, 4.69) is 9.97 Å². The number of methoxy groups -OCH3 is 2. The average molecular weight is 431 g/mol. The Hall–Kier alpha value is -4.20. The first-order chi connectivity index (χ1) is 15.6. The second-order valence-corrected chi connectivity index (χ2v) is 7.10. The molecule has 32 heavy (non-hydrogen) atoms. The number of ether oxygens (including phenoxy) is 2. The first kappa shape index (κ1) is 21.0. The van der Waals surface area contributed by atoms with Gasteiger partial charge < -0.3 is 19.5 Å². The molecule has 1 amide bonds. The number of hydrogen-bond acceptors (Lipinski definition) is 7. The highest BCUT2D eigenvalue weighted by molar-refractivity contribution is 6.46. The summed E-state index contributed by atoms with van der Waals surface area (Å²) in [5, 5.41) is 11.3. The molecule has 8 nitrogen and oxygen atoms in total. The summed E-state index contributed by atoms with van der Waals surface area (Å²) >= 11 is 0. The van der Waals surface area contributed by atoms with Crippen LogP contribution in [0.15, 0.2) is 72.8 Å². The van der Waals surface area contributed by atoms with Crippen LogP contribution in [0, 0.1) is 0 Å². The van der Waals surface area contributed by atoms with Crippen molar-refractivity contribution in [2.24, 2.45) is 0 Å². The number of carbonyl (C=O) groups is 2. The Balaban J connectivity index is 1.92. The fraction of sp³-hybridized carbons (Fsp3) is 0.167. The summed E-state index contributed by atoms with van der Waals surface area (Å²) in [7, 11) is 2.90. The second-order valence-electron chi connectivity index (χ2n) is 7.10. The number of ketones is 1. The lowest BCUT2D eigenvalue weighted by Crippen LogP contribution is -2.29. The van der Waals surface area contributed by atoms with Crippen molar-refractivity contribution in [2.75, 3.05) is 14.2 Å². The van der Waals surface area contributed by atoms with E-state index < -0.39 is 17.7 Å². The third-order valence-electron chi connectivity index (χ3n) is 5.33. The fourth-order valence-corrected chi connectivity index (χ4v) is 3.84. The minimum absolute atomic E-state index is 0.0435. The molecule has 1 aliphatic rings. The molecule has 1 atom stereocenters. The molecule has 3 aromatic rings. The van der Waals surface area contributed by atoms with Gasteiger partial charge in [0.15, 0.2) is 0 Å². The van der Waals surface area contributed by atoms with E-state index in [0.717, 1.165) is 5.56 Å². The van der Waals surface area contributed by atoms with Crippen molar-refractivity contribution in [1.82, 2.24) is 14.9 Å². The van der Waals surface area contributed by atoms with Crippen LogP contribution in [0.3, 0.4) is 0 Å². The van der Waals surface area contributed by atoms with Crippen molar-refractivity contribution in [1.29, 1.82) is 0 Å². The topological polar surface area (TPSA) is 102 Å². The number of likely N-dealkylation sites (tertiary alicyclic amines) is 1. The summed E-state index contributed by atoms with van der Waals surface area (Å²) in [5.41, 5.74) is 1.61. The molecule has 1 saturated heterocycles. The van der Waals surface area contributed by atoms with Gasteiger partial charge in [-0.1, -0.05) is 6.07 Å². The molecule has 1 aromatic carbocycles. The number of aliphatic hydroxyl groups is 1. The number of aromatic nitrogens is 2. The van der Waals surface area contributed by atoms with Crippen molar-refractivity contribution in [3.05, 3.63) is 89.5 Å². The number of hydrogen-bond donors (Lipinski definition) is 1. The van der Waals surface area contributed by atoms with Gasteiger partial charge in [0.05, 0.1) is 25.8 Å². The molecule has 0 bridgehead atoms. The largest absolute Gasteiger partial charge is 0.506 e. The Morgan fingerprint density at radius 3 is 2.06 bits per heavy atom. The second kappa shape index (κ2) is 8.89. The van der Waals surface area contributed by atoms with Crippen molar-refractivity contribution in [3.63, 3.8) is 0 Å². The zero-order valence-electron chi connectivity index (χ0n) is 17.6. The first-order valence-corrected chi connectivity index (χ1v) is 9.85. The lowest BCUT2D eigenvalue weighted by Gasteiger charge is -2.25. The van der Waals surface area contributed by atoms with Crippen LogP contribution in [0.5, 0.6) is 11.5 Å². The highest BCUT2D eigenvalue weighted by Crippen LogP contribution is 2.43. The molecule has 1 unspecified atom stereocenters. The first-order valence-electron chi connectivity index (χ1n) is 9.85. The Kier molecular flexibility index (Phi) is 5.85. The smallest absolute Gasteiger partial charge is 0.295 e. The molecule has 1 fully saturated rings. The SMILES string of the molecule is COc1cccc(OC)c1/C(O)=C1\C(=O)C(=O)N(Cc2ccncc2)C1c1ccncc1. The fourth-order valence-electron chi connectivity index (χ4n) is 3.84. The summed E-state index contributed by atoms with van der Waals surface area (Å²) in [6.07, 6.45) is 6.39. The number of benzene rings is 1. The van der Waals surface area contributed by atoms with Gasteiger partial charge in [0.1, 0.15) is 22.8 Å². The predicted octanol–water partition coefficient (Wildman–Crippen LogP) is 3.12. The van der Waals surface area contributed by atoms with E-state index in [1.165, 1.54) is 19.1 Å². The average Bonchev–Trinajstić information content (AvgIpc) is 3.09. The van der Waals surface area contributed by atoms with Gasteiger partial charge >= 0.3 is 0 Å². The van der Waals surface area contributed by atoms with Crippen molar-refractivity contribution in [2.45, 2.75) is 12.6 Å². The van der Waals surface area contributed by atoms with Gasteiger partial charge in [0, 0.05) is 31.3 Å². The number of aliphatic hydroxyl groups excluding tert-OH is 1. The van der Waals surface area contributed by atoms with E-state index in [4.69, 9.17) is 9.47 Å². The quantitative estimate of drug-likeness (QED) is 0.363. The minimum atomic E-state index is -0.819. The third kappa shape index (κ3) is 3.66. The molecule has 3 heterocycles. The number of nitrogens with zero attached hydrogens (tertiary/aromatic N) is 3. The number of Topliss-reactive ketones (excluding diaryl/α,β-unsaturated/α-hetero) is 1. The molecule has 0 spiro atoms. The highest BCUT2D eigenvalue weighted by atomic mass is 16.5. The number of rotatable bonds is 6. The van der Waals surface area contributed by atoms with Crippen LogP contribution in [-0.4, -0.2) is 45.9 Å². The number of pyridine rings is 2. The molecule has 1 aliphatic heterocycles. The number of carbonyl (C=O) groups excluding carboxylic acids is 2. The van der Waals surface area contributed by atoms with Crippen molar-refractivity contribution >= 4 is 17.4 Å². The standard InChI is InChI=1S/C24H21N3O5/c1-31-17-4-3-5-18(32-2)19(17)22(28)20-21(16-8-12-26-13-9-16)27(24(30)23(20)29)14-15-6-10-25-11-7-15/h3-13,21,28H,14H2,1-2H3/b22-20+. The van der Waals surface area contributed by atoms with Gasteiger partial charge in [-0.05, 0) is 47.5 Å². The third-order valence-corrected chi connectivity index (χ3v) is 5.33. The van der Waals surface area contributed by atoms with Gasteiger partial charge in [-0.3, -0.25) is 19.6 Å². The van der Waals surface area contributed by atoms with Gasteiger partial charge in [0.2, 0.25) is 0 Å². The van der Waals surface area contributed by atoms with Crippen LogP contribution in [0.25, 0.3) is 5.76 Å². The maximum Gasteiger partial charge on any atom is 0.295 e. The van der Waals surface area contributed by atoms with Gasteiger partial charge in [-0.25, -0.2) is 0 Å². The van der Waals surface area contributed by atoms with E-state index in [1.54, 1.807) is 67.3 Å². The van der Waals surface area contributed by atoms with Crippen LogP contribution in [0.2, 0.25) is 0 Å². The predicted molar refractivity (Wildman–Crippen MR) is 116 cm³/mol. The summed E-state index contributed by atoms with van der Waals surface area (Å²) in [6.45, 7) is 0.167. The van der Waals surface area contributed by atoms with Gasteiger partial charge in [-0.2, -0.15) is 0 Å². The van der Waals surface area contributed by atoms with Crippen molar-refractivity contribution in [3.8, 4) is 11.5 Å². The van der Waals surface area contributed by atoms with E-state index in [0.29, 0.717) is 17.1 Å².